The Hall–Kier alpha value is -1.03. The van der Waals surface area contributed by atoms with Crippen molar-refractivity contribution in [3.8, 4) is 0 Å². The van der Waals surface area contributed by atoms with Crippen LogP contribution in [0.5, 0.6) is 0 Å². The number of hydrogen-bond donors (Lipinski definition) is 0. The van der Waals surface area contributed by atoms with E-state index in [-0.39, 0.29) is 5.75 Å². The maximum atomic E-state index is 11.6. The summed E-state index contributed by atoms with van der Waals surface area (Å²) in [4.78, 5) is 0. The topological polar surface area (TPSA) is 37.4 Å². The smallest absolute Gasteiger partial charge is 0.234 e. The highest BCUT2D eigenvalue weighted by Gasteiger charge is 2.16. The summed E-state index contributed by atoms with van der Waals surface area (Å²) < 4.78 is 24.4. The highest BCUT2D eigenvalue weighted by atomic mass is 32.2. The molecule has 0 fully saturated rings. The molecule has 0 atom stereocenters. The van der Waals surface area contributed by atoms with E-state index in [1.807, 2.05) is 6.07 Å². The van der Waals surface area contributed by atoms with E-state index in [4.69, 9.17) is 0 Å². The van der Waals surface area contributed by atoms with E-state index in [2.05, 4.69) is 6.92 Å². The molecule has 1 rings (SSSR count). The molecule has 0 heterocycles. The number of rotatable bonds is 3. The van der Waals surface area contributed by atoms with Crippen LogP contribution in [-0.4, -0.2) is 21.2 Å². The highest BCUT2D eigenvalue weighted by molar-refractivity contribution is 7.92. The molecular formula is C10H14NO2S. The van der Waals surface area contributed by atoms with Crippen molar-refractivity contribution in [2.45, 2.75) is 6.92 Å². The largest absolute Gasteiger partial charge is 0.273 e. The monoisotopic (exact) mass is 212 g/mol. The minimum atomic E-state index is -3.18. The van der Waals surface area contributed by atoms with Crippen LogP contribution in [0.1, 0.15) is 12.5 Å². The molecule has 0 aliphatic rings. The summed E-state index contributed by atoms with van der Waals surface area (Å²) in [7, 11) is -1.64. The molecule has 1 aromatic rings. The van der Waals surface area contributed by atoms with Crippen molar-refractivity contribution in [1.82, 2.24) is 0 Å². The lowest BCUT2D eigenvalue weighted by Gasteiger charge is -2.20. The molecular weight excluding hydrogens is 198 g/mol. The normalized spacial score (nSPS) is 11.4. The van der Waals surface area contributed by atoms with Crippen LogP contribution in [0.25, 0.3) is 0 Å². The zero-order valence-electron chi connectivity index (χ0n) is 8.40. The van der Waals surface area contributed by atoms with E-state index < -0.39 is 10.0 Å². The van der Waals surface area contributed by atoms with Crippen LogP contribution in [0.15, 0.2) is 24.3 Å². The first-order valence-corrected chi connectivity index (χ1v) is 5.97. The molecule has 0 unspecified atom stereocenters. The van der Waals surface area contributed by atoms with Gasteiger partial charge in [-0.2, -0.15) is 0 Å². The summed E-state index contributed by atoms with van der Waals surface area (Å²) in [6, 6.07) is 7.16. The van der Waals surface area contributed by atoms with Gasteiger partial charge in [0.15, 0.2) is 0 Å². The zero-order valence-corrected chi connectivity index (χ0v) is 9.21. The molecule has 14 heavy (non-hydrogen) atoms. The molecule has 4 heteroatoms. The van der Waals surface area contributed by atoms with E-state index in [0.717, 1.165) is 0 Å². The van der Waals surface area contributed by atoms with Crippen molar-refractivity contribution in [1.29, 1.82) is 0 Å². The summed E-state index contributed by atoms with van der Waals surface area (Å²) in [6.07, 6.45) is 0. The van der Waals surface area contributed by atoms with Crippen LogP contribution in [0, 0.1) is 6.92 Å². The van der Waals surface area contributed by atoms with Gasteiger partial charge in [0.05, 0.1) is 11.4 Å². The standard InChI is InChI=1S/C10H14NO2S/c1-4-14(12,13)11(3)10-8-6-5-7-9(10)2/h5-8H,2,4H2,1,3H3. The van der Waals surface area contributed by atoms with Crippen molar-refractivity contribution in [2.75, 3.05) is 17.1 Å². The van der Waals surface area contributed by atoms with E-state index in [1.54, 1.807) is 32.2 Å². The fourth-order valence-corrected chi connectivity index (χ4v) is 2.03. The van der Waals surface area contributed by atoms with Gasteiger partial charge in [0.1, 0.15) is 0 Å². The van der Waals surface area contributed by atoms with Crippen LogP contribution in [0.2, 0.25) is 0 Å². The lowest BCUT2D eigenvalue weighted by molar-refractivity contribution is 0.595. The Morgan fingerprint density at radius 1 is 1.36 bits per heavy atom. The van der Waals surface area contributed by atoms with Gasteiger partial charge in [-0.3, -0.25) is 4.31 Å². The molecule has 0 spiro atoms. The molecule has 77 valence electrons. The second-order valence-corrected chi connectivity index (χ2v) is 5.29. The van der Waals surface area contributed by atoms with Crippen LogP contribution in [0.4, 0.5) is 5.69 Å². The molecule has 0 aliphatic heterocycles. The summed E-state index contributed by atoms with van der Waals surface area (Å²) >= 11 is 0. The lowest BCUT2D eigenvalue weighted by atomic mass is 10.2. The highest BCUT2D eigenvalue weighted by Crippen LogP contribution is 2.20. The molecule has 0 N–H and O–H groups in total. The van der Waals surface area contributed by atoms with Gasteiger partial charge in [-0.1, -0.05) is 18.2 Å². The third kappa shape index (κ3) is 2.07. The fourth-order valence-electron chi connectivity index (χ4n) is 1.16. The first-order chi connectivity index (χ1) is 6.49. The van der Waals surface area contributed by atoms with Crippen molar-refractivity contribution in [2.24, 2.45) is 0 Å². The second-order valence-electron chi connectivity index (χ2n) is 3.00. The lowest BCUT2D eigenvalue weighted by Crippen LogP contribution is -2.28. The SMILES string of the molecule is [CH2]c1ccccc1N(C)S(=O)(=O)CC. The molecule has 0 saturated carbocycles. The van der Waals surface area contributed by atoms with E-state index in [9.17, 15) is 8.42 Å². The van der Waals surface area contributed by atoms with Crippen molar-refractivity contribution < 1.29 is 8.42 Å². The maximum absolute atomic E-state index is 11.6. The summed E-state index contributed by atoms with van der Waals surface area (Å²) in [5.41, 5.74) is 1.35. The Balaban J connectivity index is 3.14. The van der Waals surface area contributed by atoms with Gasteiger partial charge in [-0.25, -0.2) is 8.42 Å². The first-order valence-electron chi connectivity index (χ1n) is 4.36. The Morgan fingerprint density at radius 3 is 2.43 bits per heavy atom. The van der Waals surface area contributed by atoms with Gasteiger partial charge >= 0.3 is 0 Å². The van der Waals surface area contributed by atoms with Gasteiger partial charge in [-0.05, 0) is 25.5 Å². The third-order valence-electron chi connectivity index (χ3n) is 2.11. The Bertz CT molecular complexity index is 412. The van der Waals surface area contributed by atoms with Crippen LogP contribution in [-0.2, 0) is 10.0 Å². The third-order valence-corrected chi connectivity index (χ3v) is 3.87. The summed E-state index contributed by atoms with van der Waals surface area (Å²) in [5, 5.41) is 0. The van der Waals surface area contributed by atoms with E-state index in [0.29, 0.717) is 11.3 Å². The Morgan fingerprint density at radius 2 is 1.93 bits per heavy atom. The van der Waals surface area contributed by atoms with Gasteiger partial charge in [0.2, 0.25) is 10.0 Å². The number of hydrogen-bond acceptors (Lipinski definition) is 2. The number of anilines is 1. The molecule has 0 aliphatic carbocycles. The van der Waals surface area contributed by atoms with Gasteiger partial charge < -0.3 is 0 Å². The predicted octanol–water partition coefficient (Wildman–Crippen LogP) is 1.65. The molecule has 1 radical (unpaired) electrons. The second kappa shape index (κ2) is 4.00. The number of nitrogens with zero attached hydrogens (tertiary/aromatic N) is 1. The molecule has 0 aromatic heterocycles. The van der Waals surface area contributed by atoms with Crippen LogP contribution in [0.3, 0.4) is 0 Å². The van der Waals surface area contributed by atoms with E-state index >= 15 is 0 Å². The number of para-hydroxylation sites is 1. The van der Waals surface area contributed by atoms with E-state index in [1.165, 1.54) is 4.31 Å². The average Bonchev–Trinajstić information content (AvgIpc) is 2.17. The van der Waals surface area contributed by atoms with Gasteiger partial charge in [-0.15, -0.1) is 0 Å². The fraction of sp³-hybridized carbons (Fsp3) is 0.300. The predicted molar refractivity (Wildman–Crippen MR) is 58.8 cm³/mol. The number of sulfonamides is 1. The molecule has 0 bridgehead atoms. The number of benzene rings is 1. The van der Waals surface area contributed by atoms with Crippen molar-refractivity contribution in [3.63, 3.8) is 0 Å². The van der Waals surface area contributed by atoms with Crippen molar-refractivity contribution >= 4 is 15.7 Å². The average molecular weight is 212 g/mol. The van der Waals surface area contributed by atoms with Gasteiger partial charge in [0, 0.05) is 7.05 Å². The molecule has 3 nitrogen and oxygen atoms in total. The minimum absolute atomic E-state index is 0.0951. The Kier molecular flexibility index (Phi) is 3.16. The summed E-state index contributed by atoms with van der Waals surface area (Å²) in [6.45, 7) is 5.41. The first kappa shape index (κ1) is 11.0. The zero-order chi connectivity index (χ0) is 10.8. The van der Waals surface area contributed by atoms with Crippen LogP contribution >= 0.6 is 0 Å². The van der Waals surface area contributed by atoms with Crippen LogP contribution < -0.4 is 4.31 Å². The van der Waals surface area contributed by atoms with Gasteiger partial charge in [0.25, 0.3) is 0 Å². The van der Waals surface area contributed by atoms with Crippen molar-refractivity contribution in [3.05, 3.63) is 36.8 Å². The Labute approximate surface area is 85.4 Å². The molecule has 1 aromatic carbocycles. The molecule has 0 saturated heterocycles. The quantitative estimate of drug-likeness (QED) is 0.764. The summed E-state index contributed by atoms with van der Waals surface area (Å²) in [5.74, 6) is 0.0951. The molecule has 0 amide bonds. The minimum Gasteiger partial charge on any atom is -0.273 e. The maximum Gasteiger partial charge on any atom is 0.234 e.